The van der Waals surface area contributed by atoms with Crippen molar-refractivity contribution in [1.29, 1.82) is 0 Å². The summed E-state index contributed by atoms with van der Waals surface area (Å²) in [5.41, 5.74) is 3.23. The molecule has 2 amide bonds. The number of amides is 2. The summed E-state index contributed by atoms with van der Waals surface area (Å²) in [4.78, 5) is 30.2. The summed E-state index contributed by atoms with van der Waals surface area (Å²) in [6.45, 7) is 0. The molecule has 0 saturated carbocycles. The van der Waals surface area contributed by atoms with Gasteiger partial charge in [-0.3, -0.25) is 9.59 Å². The van der Waals surface area contributed by atoms with Gasteiger partial charge in [0.05, 0.1) is 25.5 Å². The summed E-state index contributed by atoms with van der Waals surface area (Å²) in [6.07, 6.45) is 0. The van der Waals surface area contributed by atoms with Gasteiger partial charge in [0.25, 0.3) is 11.8 Å². The molecule has 7 heteroatoms. The van der Waals surface area contributed by atoms with Gasteiger partial charge in [0.15, 0.2) is 0 Å². The Bertz CT molecular complexity index is 1220. The highest BCUT2D eigenvalue weighted by atomic mass is 16.5. The number of hydrogen-bond acceptors (Lipinski definition) is 6. The molecule has 1 aliphatic rings. The van der Waals surface area contributed by atoms with Gasteiger partial charge in [-0.15, -0.1) is 0 Å². The number of hydrogen-bond donors (Lipinski definition) is 1. The van der Waals surface area contributed by atoms with Gasteiger partial charge >= 0.3 is 0 Å². The van der Waals surface area contributed by atoms with Crippen molar-refractivity contribution in [3.8, 4) is 11.5 Å². The van der Waals surface area contributed by atoms with Crippen LogP contribution in [0.1, 0.15) is 5.56 Å². The van der Waals surface area contributed by atoms with Crippen molar-refractivity contribution < 1.29 is 19.1 Å². The van der Waals surface area contributed by atoms with E-state index in [0.29, 0.717) is 34.0 Å². The smallest absolute Gasteiger partial charge is 0.282 e. The number of anilines is 3. The molecule has 0 aliphatic carbocycles. The molecule has 3 aromatic rings. The quantitative estimate of drug-likeness (QED) is 0.553. The highest BCUT2D eigenvalue weighted by molar-refractivity contribution is 6.46. The minimum absolute atomic E-state index is 0.204. The second kappa shape index (κ2) is 9.08. The number of nitrogens with zero attached hydrogens (tertiary/aromatic N) is 2. The molecule has 0 fully saturated rings. The lowest BCUT2D eigenvalue weighted by Gasteiger charge is -2.18. The number of nitrogens with one attached hydrogen (secondary N) is 1. The zero-order valence-corrected chi connectivity index (χ0v) is 19.0. The van der Waals surface area contributed by atoms with Gasteiger partial charge in [-0.2, -0.15) is 0 Å². The first-order chi connectivity index (χ1) is 15.9. The van der Waals surface area contributed by atoms with Gasteiger partial charge in [0, 0.05) is 31.5 Å². The maximum atomic E-state index is 13.6. The zero-order chi connectivity index (χ0) is 23.5. The first kappa shape index (κ1) is 22.0. The fourth-order valence-corrected chi connectivity index (χ4v) is 3.65. The molecule has 1 aliphatic heterocycles. The summed E-state index contributed by atoms with van der Waals surface area (Å²) in [5.74, 6) is 0.480. The van der Waals surface area contributed by atoms with Crippen LogP contribution in [0.15, 0.2) is 78.5 Å². The third-order valence-corrected chi connectivity index (χ3v) is 5.43. The number of rotatable bonds is 7. The second-order valence-corrected chi connectivity index (χ2v) is 7.69. The van der Waals surface area contributed by atoms with Crippen molar-refractivity contribution in [2.75, 3.05) is 43.4 Å². The molecule has 0 aromatic heterocycles. The Labute approximate surface area is 192 Å². The van der Waals surface area contributed by atoms with E-state index in [-0.39, 0.29) is 5.70 Å². The van der Waals surface area contributed by atoms with Crippen LogP contribution in [0.5, 0.6) is 11.5 Å². The molecule has 1 heterocycles. The largest absolute Gasteiger partial charge is 0.497 e. The number of ether oxygens (including phenoxy) is 2. The average Bonchev–Trinajstić information content (AvgIpc) is 3.08. The molecule has 0 spiro atoms. The van der Waals surface area contributed by atoms with Gasteiger partial charge in [-0.1, -0.05) is 18.2 Å². The van der Waals surface area contributed by atoms with Crippen molar-refractivity contribution in [3.63, 3.8) is 0 Å². The van der Waals surface area contributed by atoms with E-state index in [1.807, 2.05) is 49.3 Å². The van der Waals surface area contributed by atoms with Gasteiger partial charge in [-0.25, -0.2) is 4.90 Å². The Morgan fingerprint density at radius 1 is 0.788 bits per heavy atom. The fourth-order valence-electron chi connectivity index (χ4n) is 3.65. The van der Waals surface area contributed by atoms with Crippen molar-refractivity contribution in [2.45, 2.75) is 0 Å². The molecule has 168 valence electrons. The van der Waals surface area contributed by atoms with Gasteiger partial charge in [0.1, 0.15) is 17.2 Å². The SMILES string of the molecule is COc1ccc(C2=C(Nc3cccc(OC)c3)C(=O)N(c3ccc(N(C)C)cc3)C2=O)cc1. The Balaban J connectivity index is 1.78. The Kier molecular flexibility index (Phi) is 6.04. The van der Waals surface area contributed by atoms with Gasteiger partial charge < -0.3 is 19.7 Å². The highest BCUT2D eigenvalue weighted by Crippen LogP contribution is 2.35. The van der Waals surface area contributed by atoms with E-state index in [1.165, 1.54) is 4.90 Å². The van der Waals surface area contributed by atoms with E-state index in [2.05, 4.69) is 5.32 Å². The lowest BCUT2D eigenvalue weighted by Crippen LogP contribution is -2.32. The number of methoxy groups -OCH3 is 2. The van der Waals surface area contributed by atoms with Crippen LogP contribution in [0, 0.1) is 0 Å². The van der Waals surface area contributed by atoms with Crippen molar-refractivity contribution in [1.82, 2.24) is 0 Å². The lowest BCUT2D eigenvalue weighted by molar-refractivity contribution is -0.120. The molecule has 0 atom stereocenters. The fraction of sp³-hybridized carbons (Fsp3) is 0.154. The molecule has 1 N–H and O–H groups in total. The lowest BCUT2D eigenvalue weighted by atomic mass is 10.0. The third kappa shape index (κ3) is 4.25. The summed E-state index contributed by atoms with van der Waals surface area (Å²) >= 11 is 0. The van der Waals surface area contributed by atoms with Crippen molar-refractivity contribution in [2.24, 2.45) is 0 Å². The monoisotopic (exact) mass is 443 g/mol. The molecular formula is C26H25N3O4. The number of carbonyl (C=O) groups is 2. The van der Waals surface area contributed by atoms with Crippen LogP contribution in [-0.4, -0.2) is 40.1 Å². The van der Waals surface area contributed by atoms with Crippen molar-refractivity contribution in [3.05, 3.63) is 84.1 Å². The van der Waals surface area contributed by atoms with E-state index in [0.717, 1.165) is 5.69 Å². The van der Waals surface area contributed by atoms with Gasteiger partial charge in [0.2, 0.25) is 0 Å². The summed E-state index contributed by atoms with van der Waals surface area (Å²) < 4.78 is 10.5. The predicted octanol–water partition coefficient (Wildman–Crippen LogP) is 4.17. The van der Waals surface area contributed by atoms with E-state index < -0.39 is 11.8 Å². The molecule has 0 unspecified atom stereocenters. The maximum Gasteiger partial charge on any atom is 0.282 e. The molecule has 3 aromatic carbocycles. The average molecular weight is 444 g/mol. The molecule has 0 saturated heterocycles. The van der Waals surface area contributed by atoms with Crippen molar-refractivity contribution >= 4 is 34.4 Å². The second-order valence-electron chi connectivity index (χ2n) is 7.69. The minimum atomic E-state index is -0.425. The highest BCUT2D eigenvalue weighted by Gasteiger charge is 2.40. The summed E-state index contributed by atoms with van der Waals surface area (Å²) in [7, 11) is 7.01. The molecule has 33 heavy (non-hydrogen) atoms. The first-order valence-corrected chi connectivity index (χ1v) is 10.4. The van der Waals surface area contributed by atoms with Crippen LogP contribution >= 0.6 is 0 Å². The van der Waals surface area contributed by atoms with Crippen LogP contribution in [0.4, 0.5) is 17.1 Å². The van der Waals surface area contributed by atoms with E-state index >= 15 is 0 Å². The van der Waals surface area contributed by atoms with Crippen LogP contribution in [0.2, 0.25) is 0 Å². The molecule has 4 rings (SSSR count). The van der Waals surface area contributed by atoms with Crippen LogP contribution in [-0.2, 0) is 9.59 Å². The van der Waals surface area contributed by atoms with Crippen LogP contribution in [0.3, 0.4) is 0 Å². The maximum absolute atomic E-state index is 13.6. The molecular weight excluding hydrogens is 418 g/mol. The first-order valence-electron chi connectivity index (χ1n) is 10.4. The molecule has 0 bridgehead atoms. The standard InChI is InChI=1S/C26H25N3O4/c1-28(2)19-10-12-20(13-11-19)29-25(30)23(17-8-14-21(32-3)15-9-17)24(26(29)31)27-18-6-5-7-22(16-18)33-4/h5-16,27H,1-4H3. The van der Waals surface area contributed by atoms with Crippen LogP contribution < -0.4 is 24.6 Å². The van der Waals surface area contributed by atoms with E-state index in [4.69, 9.17) is 9.47 Å². The molecule has 0 radical (unpaired) electrons. The zero-order valence-electron chi connectivity index (χ0n) is 19.0. The van der Waals surface area contributed by atoms with Gasteiger partial charge in [-0.05, 0) is 54.1 Å². The minimum Gasteiger partial charge on any atom is -0.497 e. The molecule has 7 nitrogen and oxygen atoms in total. The Morgan fingerprint density at radius 2 is 1.45 bits per heavy atom. The Hall–Kier alpha value is -4.26. The number of carbonyl (C=O) groups excluding carboxylic acids is 2. The van der Waals surface area contributed by atoms with Crippen LogP contribution in [0.25, 0.3) is 5.57 Å². The number of imide groups is 1. The topological polar surface area (TPSA) is 71.1 Å². The predicted molar refractivity (Wildman–Crippen MR) is 130 cm³/mol. The Morgan fingerprint density at radius 3 is 2.06 bits per heavy atom. The summed E-state index contributed by atoms with van der Waals surface area (Å²) in [6, 6.07) is 21.5. The van der Waals surface area contributed by atoms with E-state index in [9.17, 15) is 9.59 Å². The normalized spacial score (nSPS) is 13.4. The third-order valence-electron chi connectivity index (χ3n) is 5.43. The van der Waals surface area contributed by atoms with E-state index in [1.54, 1.807) is 56.7 Å². The number of benzene rings is 3. The summed E-state index contributed by atoms with van der Waals surface area (Å²) in [5, 5.41) is 3.15.